The first-order valence-electron chi connectivity index (χ1n) is 6.06. The van der Waals surface area contributed by atoms with Crippen LogP contribution in [-0.2, 0) is 11.2 Å². The predicted octanol–water partition coefficient (Wildman–Crippen LogP) is 3.90. The fourth-order valence-electron chi connectivity index (χ4n) is 1.87. The van der Waals surface area contributed by atoms with Gasteiger partial charge >= 0.3 is 0 Å². The van der Waals surface area contributed by atoms with Crippen LogP contribution < -0.4 is 0 Å². The molecule has 1 heteroatoms. The van der Waals surface area contributed by atoms with Gasteiger partial charge in [0.05, 0.1) is 0 Å². The van der Waals surface area contributed by atoms with Crippen LogP contribution in [0, 0.1) is 0 Å². The van der Waals surface area contributed by atoms with Gasteiger partial charge in [0.2, 0.25) is 0 Å². The lowest BCUT2D eigenvalue weighted by molar-refractivity contribution is -0.113. The summed E-state index contributed by atoms with van der Waals surface area (Å²) in [4.78, 5) is 11.9. The summed E-state index contributed by atoms with van der Waals surface area (Å²) >= 11 is 0. The highest BCUT2D eigenvalue weighted by atomic mass is 16.1. The van der Waals surface area contributed by atoms with E-state index in [0.717, 1.165) is 16.7 Å². The molecule has 0 saturated carbocycles. The molecule has 0 spiro atoms. The van der Waals surface area contributed by atoms with Crippen LogP contribution in [0.5, 0.6) is 0 Å². The number of carbonyl (C=O) groups is 1. The van der Waals surface area contributed by atoms with Crippen LogP contribution in [0.4, 0.5) is 0 Å². The molecule has 0 fully saturated rings. The maximum absolute atomic E-state index is 11.9. The Balaban J connectivity index is 2.07. The molecule has 0 atom stereocenters. The van der Waals surface area contributed by atoms with E-state index in [0.29, 0.717) is 6.42 Å². The van der Waals surface area contributed by atoms with Crippen LogP contribution >= 0.6 is 0 Å². The Kier molecular flexibility index (Phi) is 4.08. The number of hydrogen-bond acceptors (Lipinski definition) is 1. The largest absolute Gasteiger partial charge is 0.294 e. The van der Waals surface area contributed by atoms with E-state index >= 15 is 0 Å². The molecule has 2 aromatic rings. The van der Waals surface area contributed by atoms with Gasteiger partial charge in [0, 0.05) is 6.42 Å². The van der Waals surface area contributed by atoms with E-state index in [-0.39, 0.29) is 5.78 Å². The summed E-state index contributed by atoms with van der Waals surface area (Å²) in [6.07, 6.45) is 2.19. The molecular formula is C17H16O. The average molecular weight is 236 g/mol. The van der Waals surface area contributed by atoms with Gasteiger partial charge in [0.1, 0.15) is 0 Å². The molecule has 2 rings (SSSR count). The fourth-order valence-corrected chi connectivity index (χ4v) is 1.87. The van der Waals surface area contributed by atoms with Crippen molar-refractivity contribution in [1.29, 1.82) is 0 Å². The van der Waals surface area contributed by atoms with Crippen LogP contribution in [0.25, 0.3) is 5.57 Å². The number of allylic oxidation sites excluding steroid dienone is 2. The second kappa shape index (κ2) is 5.97. The summed E-state index contributed by atoms with van der Waals surface area (Å²) in [7, 11) is 0. The van der Waals surface area contributed by atoms with Crippen LogP contribution in [0.2, 0.25) is 0 Å². The number of carbonyl (C=O) groups excluding carboxylic acids is 1. The quantitative estimate of drug-likeness (QED) is 0.736. The maximum Gasteiger partial charge on any atom is 0.160 e. The number of rotatable bonds is 4. The van der Waals surface area contributed by atoms with Gasteiger partial charge in [-0.3, -0.25) is 4.79 Å². The lowest BCUT2D eigenvalue weighted by Crippen LogP contribution is -1.99. The number of ketones is 1. The molecule has 1 nitrogen and oxygen atoms in total. The molecule has 0 unspecified atom stereocenters. The minimum Gasteiger partial charge on any atom is -0.294 e. The molecule has 90 valence electrons. The van der Waals surface area contributed by atoms with Gasteiger partial charge in [0.25, 0.3) is 0 Å². The van der Waals surface area contributed by atoms with Gasteiger partial charge in [-0.05, 0) is 29.7 Å². The second-order valence-electron chi connectivity index (χ2n) is 4.32. The van der Waals surface area contributed by atoms with Crippen molar-refractivity contribution in [2.75, 3.05) is 0 Å². The fraction of sp³-hybridized carbons (Fsp3) is 0.118. The molecule has 0 aliphatic heterocycles. The highest BCUT2D eigenvalue weighted by Crippen LogP contribution is 2.13. The highest BCUT2D eigenvalue weighted by Gasteiger charge is 2.02. The van der Waals surface area contributed by atoms with Gasteiger partial charge in [-0.25, -0.2) is 0 Å². The van der Waals surface area contributed by atoms with Crippen molar-refractivity contribution in [3.63, 3.8) is 0 Å². The van der Waals surface area contributed by atoms with Crippen LogP contribution in [0.15, 0.2) is 66.7 Å². The lowest BCUT2D eigenvalue weighted by atomic mass is 10.0. The molecule has 0 heterocycles. The van der Waals surface area contributed by atoms with Crippen molar-refractivity contribution in [2.24, 2.45) is 0 Å². The Morgan fingerprint density at radius 3 is 2.11 bits per heavy atom. The Labute approximate surface area is 108 Å². The second-order valence-corrected chi connectivity index (χ2v) is 4.32. The molecule has 0 aliphatic rings. The maximum atomic E-state index is 11.9. The Bertz CT molecular complexity index is 538. The first-order chi connectivity index (χ1) is 8.75. The van der Waals surface area contributed by atoms with Gasteiger partial charge < -0.3 is 0 Å². The molecule has 0 radical (unpaired) electrons. The summed E-state index contributed by atoms with van der Waals surface area (Å²) < 4.78 is 0. The van der Waals surface area contributed by atoms with Crippen molar-refractivity contribution in [3.8, 4) is 0 Å². The normalized spacial score (nSPS) is 11.3. The van der Waals surface area contributed by atoms with Crippen molar-refractivity contribution >= 4 is 11.4 Å². The smallest absolute Gasteiger partial charge is 0.160 e. The van der Waals surface area contributed by atoms with E-state index in [1.54, 1.807) is 6.08 Å². The first-order valence-corrected chi connectivity index (χ1v) is 6.06. The van der Waals surface area contributed by atoms with Crippen molar-refractivity contribution in [3.05, 3.63) is 77.9 Å². The molecule has 0 aliphatic carbocycles. The topological polar surface area (TPSA) is 17.1 Å². The van der Waals surface area contributed by atoms with E-state index in [1.165, 1.54) is 0 Å². The summed E-state index contributed by atoms with van der Waals surface area (Å²) in [5.74, 6) is 0.141. The van der Waals surface area contributed by atoms with E-state index in [1.807, 2.05) is 67.6 Å². The van der Waals surface area contributed by atoms with Crippen molar-refractivity contribution in [1.82, 2.24) is 0 Å². The third-order valence-electron chi connectivity index (χ3n) is 2.83. The number of hydrogen-bond donors (Lipinski definition) is 0. The number of benzene rings is 2. The van der Waals surface area contributed by atoms with Crippen LogP contribution in [-0.4, -0.2) is 5.78 Å². The highest BCUT2D eigenvalue weighted by molar-refractivity contribution is 5.97. The monoisotopic (exact) mass is 236 g/mol. The van der Waals surface area contributed by atoms with Gasteiger partial charge in [0.15, 0.2) is 5.78 Å². The van der Waals surface area contributed by atoms with Crippen LogP contribution in [0.3, 0.4) is 0 Å². The minimum atomic E-state index is 0.141. The predicted molar refractivity (Wildman–Crippen MR) is 75.2 cm³/mol. The van der Waals surface area contributed by atoms with E-state index in [4.69, 9.17) is 0 Å². The summed E-state index contributed by atoms with van der Waals surface area (Å²) in [6, 6.07) is 19.8. The molecule has 0 bridgehead atoms. The van der Waals surface area contributed by atoms with Crippen molar-refractivity contribution < 1.29 is 4.79 Å². The molecule has 2 aromatic carbocycles. The zero-order valence-corrected chi connectivity index (χ0v) is 10.5. The third-order valence-corrected chi connectivity index (χ3v) is 2.83. The average Bonchev–Trinajstić information content (AvgIpc) is 2.40. The zero-order valence-electron chi connectivity index (χ0n) is 10.5. The zero-order chi connectivity index (χ0) is 12.8. The van der Waals surface area contributed by atoms with Crippen molar-refractivity contribution in [2.45, 2.75) is 13.3 Å². The molecule has 0 saturated heterocycles. The van der Waals surface area contributed by atoms with E-state index in [9.17, 15) is 4.79 Å². The van der Waals surface area contributed by atoms with E-state index in [2.05, 4.69) is 0 Å². The Morgan fingerprint density at radius 2 is 1.50 bits per heavy atom. The molecule has 0 aromatic heterocycles. The Hall–Kier alpha value is -2.15. The minimum absolute atomic E-state index is 0.141. The van der Waals surface area contributed by atoms with Gasteiger partial charge in [-0.15, -0.1) is 0 Å². The molecule has 0 amide bonds. The molecule has 18 heavy (non-hydrogen) atoms. The Morgan fingerprint density at radius 1 is 0.944 bits per heavy atom. The first kappa shape index (κ1) is 12.3. The van der Waals surface area contributed by atoms with Crippen LogP contribution in [0.1, 0.15) is 18.1 Å². The molecular weight excluding hydrogens is 220 g/mol. The van der Waals surface area contributed by atoms with E-state index < -0.39 is 0 Å². The summed E-state index contributed by atoms with van der Waals surface area (Å²) in [5.41, 5.74) is 3.16. The standard InChI is InChI=1S/C17H16O/c1-14(16-10-6-3-7-11-16)12-17(18)13-15-8-4-2-5-9-15/h2-12H,13H2,1H3/b14-12-. The summed E-state index contributed by atoms with van der Waals surface area (Å²) in [5, 5.41) is 0. The summed E-state index contributed by atoms with van der Waals surface area (Å²) in [6.45, 7) is 1.97. The third kappa shape index (κ3) is 3.42. The lowest BCUT2D eigenvalue weighted by Gasteiger charge is -2.01. The van der Waals surface area contributed by atoms with Gasteiger partial charge in [-0.1, -0.05) is 60.7 Å². The molecule has 0 N–H and O–H groups in total. The van der Waals surface area contributed by atoms with Gasteiger partial charge in [-0.2, -0.15) is 0 Å². The SMILES string of the molecule is C/C(=C/C(=O)Cc1ccccc1)c1ccccc1.